The second-order valence-corrected chi connectivity index (χ2v) is 7.09. The van der Waals surface area contributed by atoms with Crippen LogP contribution in [0.1, 0.15) is 41.1 Å². The zero-order valence-electron chi connectivity index (χ0n) is 14.8. The highest BCUT2D eigenvalue weighted by molar-refractivity contribution is 5.29. The summed E-state index contributed by atoms with van der Waals surface area (Å²) in [6.07, 6.45) is 8.34. The highest BCUT2D eigenvalue weighted by atomic mass is 16.5. The summed E-state index contributed by atoms with van der Waals surface area (Å²) in [7, 11) is 0. The molecule has 0 saturated carbocycles. The van der Waals surface area contributed by atoms with Gasteiger partial charge < -0.3 is 5.21 Å². The minimum atomic E-state index is 0.548. The molecule has 5 nitrogen and oxygen atoms in total. The lowest BCUT2D eigenvalue weighted by molar-refractivity contribution is -0.605. The Kier molecular flexibility index (Phi) is 4.97. The number of likely N-dealkylation sites (tertiary alicyclic amines) is 1. The number of pyridine rings is 1. The summed E-state index contributed by atoms with van der Waals surface area (Å²) in [5, 5.41) is 18.7. The molecule has 0 bridgehead atoms. The third-order valence-electron chi connectivity index (χ3n) is 5.26. The van der Waals surface area contributed by atoms with Crippen molar-refractivity contribution in [1.29, 1.82) is 0 Å². The third-order valence-corrected chi connectivity index (χ3v) is 5.26. The molecule has 0 atom stereocenters. The molecule has 0 radical (unpaired) electrons. The lowest BCUT2D eigenvalue weighted by Crippen LogP contribution is -2.33. The van der Waals surface area contributed by atoms with Crippen molar-refractivity contribution in [1.82, 2.24) is 15.1 Å². The lowest BCUT2D eigenvalue weighted by atomic mass is 9.89. The van der Waals surface area contributed by atoms with Crippen molar-refractivity contribution in [3.63, 3.8) is 0 Å². The van der Waals surface area contributed by atoms with E-state index in [9.17, 15) is 5.21 Å². The van der Waals surface area contributed by atoms with Gasteiger partial charge in [0.2, 0.25) is 0 Å². The first kappa shape index (κ1) is 16.8. The Balaban J connectivity index is 1.36. The van der Waals surface area contributed by atoms with Gasteiger partial charge in [0.1, 0.15) is 0 Å². The van der Waals surface area contributed by atoms with E-state index in [1.807, 2.05) is 18.3 Å². The van der Waals surface area contributed by atoms with Crippen molar-refractivity contribution in [3.8, 4) is 0 Å². The highest BCUT2D eigenvalue weighted by Gasteiger charge is 2.24. The van der Waals surface area contributed by atoms with Crippen molar-refractivity contribution in [3.05, 3.63) is 88.6 Å². The van der Waals surface area contributed by atoms with Crippen LogP contribution >= 0.6 is 0 Å². The molecule has 3 heterocycles. The van der Waals surface area contributed by atoms with Crippen LogP contribution in [-0.4, -0.2) is 28.2 Å². The van der Waals surface area contributed by atoms with Crippen molar-refractivity contribution in [2.45, 2.75) is 31.7 Å². The summed E-state index contributed by atoms with van der Waals surface area (Å²) in [6, 6.07) is 14.4. The number of nitrogens with zero attached hydrogens (tertiary/aromatic N) is 3. The third kappa shape index (κ3) is 3.94. The average molecular weight is 348 g/mol. The molecule has 2 aromatic heterocycles. The van der Waals surface area contributed by atoms with E-state index in [0.717, 1.165) is 43.6 Å². The second-order valence-electron chi connectivity index (χ2n) is 7.09. The molecule has 1 aliphatic heterocycles. The van der Waals surface area contributed by atoms with E-state index < -0.39 is 0 Å². The Morgan fingerprint density at radius 2 is 1.77 bits per heavy atom. The second kappa shape index (κ2) is 7.70. The molecule has 0 amide bonds. The number of aromatic amines is 1. The van der Waals surface area contributed by atoms with E-state index in [1.165, 1.54) is 22.4 Å². The maximum absolute atomic E-state index is 11.1. The first-order valence-electron chi connectivity index (χ1n) is 9.24. The van der Waals surface area contributed by atoms with Gasteiger partial charge in [-0.3, -0.25) is 10.00 Å². The Hall–Kier alpha value is -2.66. The van der Waals surface area contributed by atoms with Gasteiger partial charge >= 0.3 is 0 Å². The van der Waals surface area contributed by atoms with E-state index in [1.54, 1.807) is 12.4 Å². The van der Waals surface area contributed by atoms with Gasteiger partial charge in [0, 0.05) is 36.7 Å². The van der Waals surface area contributed by atoms with Crippen molar-refractivity contribution in [2.75, 3.05) is 13.1 Å². The van der Waals surface area contributed by atoms with Crippen LogP contribution in [0.5, 0.6) is 0 Å². The van der Waals surface area contributed by atoms with Crippen LogP contribution in [-0.2, 0) is 13.0 Å². The van der Waals surface area contributed by atoms with Gasteiger partial charge in [-0.15, -0.1) is 0 Å². The fourth-order valence-electron chi connectivity index (χ4n) is 3.82. The quantitative estimate of drug-likeness (QED) is 0.569. The Morgan fingerprint density at radius 3 is 2.50 bits per heavy atom. The molecule has 1 N–H and O–H groups in total. The molecule has 0 spiro atoms. The topological polar surface area (TPSA) is 58.9 Å². The van der Waals surface area contributed by atoms with Gasteiger partial charge in [0.25, 0.3) is 0 Å². The standard InChI is InChI=1S/C21H24N4O/c26-25-12-6-18(7-13-25)16-24-10-8-19(9-11-24)21-20(15-22-23-21)14-17-4-2-1-3-5-17/h1-7,12-13,15,19H,8-11,14,16H2,(H,22,23). The molecule has 0 aliphatic carbocycles. The SMILES string of the molecule is [O-][n+]1ccc(CN2CCC(c3[nH]ncc3Cc3ccccc3)CC2)cc1. The number of rotatable bonds is 5. The largest absolute Gasteiger partial charge is 0.619 e. The highest BCUT2D eigenvalue weighted by Crippen LogP contribution is 2.30. The number of hydrogen-bond donors (Lipinski definition) is 1. The minimum absolute atomic E-state index is 0.548. The number of aromatic nitrogens is 3. The summed E-state index contributed by atoms with van der Waals surface area (Å²) >= 11 is 0. The predicted molar refractivity (Wildman–Crippen MR) is 100 cm³/mol. The van der Waals surface area contributed by atoms with Crippen LogP contribution in [0.4, 0.5) is 0 Å². The molecule has 0 unspecified atom stereocenters. The van der Waals surface area contributed by atoms with E-state index >= 15 is 0 Å². The van der Waals surface area contributed by atoms with Crippen molar-refractivity contribution >= 4 is 0 Å². The Morgan fingerprint density at radius 1 is 1.04 bits per heavy atom. The fourth-order valence-corrected chi connectivity index (χ4v) is 3.82. The van der Waals surface area contributed by atoms with Gasteiger partial charge in [-0.2, -0.15) is 9.83 Å². The number of benzene rings is 1. The van der Waals surface area contributed by atoms with Gasteiger partial charge in [-0.25, -0.2) is 0 Å². The predicted octanol–water partition coefficient (Wildman–Crippen LogP) is 3.01. The number of H-pyrrole nitrogens is 1. The molecule has 1 saturated heterocycles. The maximum Gasteiger partial charge on any atom is 0.180 e. The van der Waals surface area contributed by atoms with Crippen LogP contribution in [0, 0.1) is 5.21 Å². The summed E-state index contributed by atoms with van der Waals surface area (Å²) in [5.74, 6) is 0.548. The number of piperidine rings is 1. The normalized spacial score (nSPS) is 16.0. The molecule has 5 heteroatoms. The summed E-state index contributed by atoms with van der Waals surface area (Å²) in [4.78, 5) is 2.47. The van der Waals surface area contributed by atoms with Gasteiger partial charge in [0.05, 0.1) is 6.20 Å². The van der Waals surface area contributed by atoms with Gasteiger partial charge in [0.15, 0.2) is 12.4 Å². The van der Waals surface area contributed by atoms with E-state index in [-0.39, 0.29) is 0 Å². The molecular weight excluding hydrogens is 324 g/mol. The van der Waals surface area contributed by atoms with Gasteiger partial charge in [-0.05, 0) is 42.6 Å². The number of nitrogens with one attached hydrogen (secondary N) is 1. The Bertz CT molecular complexity index is 821. The maximum atomic E-state index is 11.1. The van der Waals surface area contributed by atoms with Crippen LogP contribution in [0.15, 0.2) is 61.1 Å². The molecule has 1 aliphatic rings. The average Bonchev–Trinajstić information content (AvgIpc) is 3.13. The monoisotopic (exact) mass is 348 g/mol. The van der Waals surface area contributed by atoms with E-state index in [4.69, 9.17) is 0 Å². The van der Waals surface area contributed by atoms with Crippen molar-refractivity contribution in [2.24, 2.45) is 0 Å². The first-order chi connectivity index (χ1) is 12.8. The zero-order valence-corrected chi connectivity index (χ0v) is 14.8. The molecular formula is C21H24N4O. The zero-order chi connectivity index (χ0) is 17.8. The lowest BCUT2D eigenvalue weighted by Gasteiger charge is -2.31. The molecule has 3 aromatic rings. The van der Waals surface area contributed by atoms with Gasteiger partial charge in [-0.1, -0.05) is 30.3 Å². The van der Waals surface area contributed by atoms with Crippen LogP contribution in [0.25, 0.3) is 0 Å². The molecule has 1 fully saturated rings. The Labute approximate surface area is 153 Å². The van der Waals surface area contributed by atoms with E-state index in [0.29, 0.717) is 5.92 Å². The number of hydrogen-bond acceptors (Lipinski definition) is 3. The van der Waals surface area contributed by atoms with E-state index in [2.05, 4.69) is 45.4 Å². The molecule has 134 valence electrons. The molecule has 4 rings (SSSR count). The fraction of sp³-hybridized carbons (Fsp3) is 0.333. The first-order valence-corrected chi connectivity index (χ1v) is 9.24. The summed E-state index contributed by atoms with van der Waals surface area (Å²) in [6.45, 7) is 3.05. The molecule has 1 aromatic carbocycles. The smallest absolute Gasteiger partial charge is 0.180 e. The molecule has 26 heavy (non-hydrogen) atoms. The summed E-state index contributed by atoms with van der Waals surface area (Å²) in [5.41, 5.74) is 5.15. The minimum Gasteiger partial charge on any atom is -0.619 e. The summed E-state index contributed by atoms with van der Waals surface area (Å²) < 4.78 is 0.836. The van der Waals surface area contributed by atoms with Crippen LogP contribution in [0.2, 0.25) is 0 Å². The van der Waals surface area contributed by atoms with Crippen LogP contribution < -0.4 is 4.73 Å². The van der Waals surface area contributed by atoms with Crippen LogP contribution in [0.3, 0.4) is 0 Å². The van der Waals surface area contributed by atoms with Crippen molar-refractivity contribution < 1.29 is 4.73 Å².